The SMILES string of the molecule is CCCCN(CC(=O)N(Cc1ccccc1)Cc1sccc1C)C(=O)C(C)C. The van der Waals surface area contributed by atoms with Gasteiger partial charge in [-0.2, -0.15) is 0 Å². The van der Waals surface area contributed by atoms with Gasteiger partial charge in [-0.25, -0.2) is 0 Å². The van der Waals surface area contributed by atoms with Gasteiger partial charge < -0.3 is 9.80 Å². The van der Waals surface area contributed by atoms with E-state index in [0.717, 1.165) is 18.4 Å². The molecule has 2 rings (SSSR count). The van der Waals surface area contributed by atoms with Crippen LogP contribution in [0.15, 0.2) is 41.8 Å². The first-order chi connectivity index (χ1) is 13.4. The van der Waals surface area contributed by atoms with E-state index in [1.165, 1.54) is 10.4 Å². The quantitative estimate of drug-likeness (QED) is 0.571. The van der Waals surface area contributed by atoms with Gasteiger partial charge in [0, 0.05) is 23.9 Å². The zero-order valence-corrected chi connectivity index (χ0v) is 18.3. The summed E-state index contributed by atoms with van der Waals surface area (Å²) in [6, 6.07) is 12.1. The Kier molecular flexibility index (Phi) is 8.71. The second-order valence-corrected chi connectivity index (χ2v) is 8.53. The molecule has 0 saturated carbocycles. The first-order valence-electron chi connectivity index (χ1n) is 10.1. The minimum absolute atomic E-state index is 0.00163. The third-order valence-corrected chi connectivity index (χ3v) is 5.79. The Hall–Kier alpha value is -2.14. The zero-order valence-electron chi connectivity index (χ0n) is 17.5. The molecule has 0 aliphatic rings. The van der Waals surface area contributed by atoms with Crippen LogP contribution >= 0.6 is 11.3 Å². The van der Waals surface area contributed by atoms with Crippen molar-refractivity contribution in [2.75, 3.05) is 13.1 Å². The summed E-state index contributed by atoms with van der Waals surface area (Å²) in [6.45, 7) is 9.87. The van der Waals surface area contributed by atoms with E-state index in [2.05, 4.69) is 25.3 Å². The molecule has 0 fully saturated rings. The molecule has 2 aromatic rings. The molecule has 0 aliphatic carbocycles. The van der Waals surface area contributed by atoms with Crippen molar-refractivity contribution in [1.29, 1.82) is 0 Å². The molecule has 2 amide bonds. The van der Waals surface area contributed by atoms with E-state index >= 15 is 0 Å². The minimum Gasteiger partial charge on any atom is -0.333 e. The third-order valence-electron chi connectivity index (χ3n) is 4.78. The Morgan fingerprint density at radius 1 is 1.04 bits per heavy atom. The van der Waals surface area contributed by atoms with Crippen LogP contribution in [0.2, 0.25) is 0 Å². The van der Waals surface area contributed by atoms with E-state index in [0.29, 0.717) is 19.6 Å². The van der Waals surface area contributed by atoms with Gasteiger partial charge in [-0.3, -0.25) is 9.59 Å². The summed E-state index contributed by atoms with van der Waals surface area (Å²) < 4.78 is 0. The number of carbonyl (C=O) groups is 2. The third kappa shape index (κ3) is 6.48. The highest BCUT2D eigenvalue weighted by atomic mass is 32.1. The fraction of sp³-hybridized carbons (Fsp3) is 0.478. The standard InChI is InChI=1S/C23H32N2O2S/c1-5-6-13-24(23(27)18(2)3)17-22(26)25(15-20-10-8-7-9-11-20)16-21-19(4)12-14-28-21/h7-12,14,18H,5-6,13,15-17H2,1-4H3. The largest absolute Gasteiger partial charge is 0.333 e. The lowest BCUT2D eigenvalue weighted by molar-refractivity contribution is -0.143. The topological polar surface area (TPSA) is 40.6 Å². The van der Waals surface area contributed by atoms with Crippen molar-refractivity contribution in [1.82, 2.24) is 9.80 Å². The van der Waals surface area contributed by atoms with Crippen LogP contribution in [-0.4, -0.2) is 34.7 Å². The summed E-state index contributed by atoms with van der Waals surface area (Å²) in [7, 11) is 0. The van der Waals surface area contributed by atoms with Gasteiger partial charge in [0.1, 0.15) is 0 Å². The monoisotopic (exact) mass is 400 g/mol. The first-order valence-corrected chi connectivity index (χ1v) is 10.9. The van der Waals surface area contributed by atoms with Crippen molar-refractivity contribution in [3.05, 3.63) is 57.8 Å². The number of nitrogens with zero attached hydrogens (tertiary/aromatic N) is 2. The number of aryl methyl sites for hydroxylation is 1. The molecular weight excluding hydrogens is 368 g/mol. The van der Waals surface area contributed by atoms with E-state index in [1.54, 1.807) is 16.2 Å². The number of benzene rings is 1. The highest BCUT2D eigenvalue weighted by Gasteiger charge is 2.23. The molecule has 0 N–H and O–H groups in total. The summed E-state index contributed by atoms with van der Waals surface area (Å²) in [5.74, 6) is -0.0534. The predicted octanol–water partition coefficient (Wildman–Crippen LogP) is 4.87. The smallest absolute Gasteiger partial charge is 0.242 e. The second kappa shape index (κ2) is 11.0. The Morgan fingerprint density at radius 2 is 1.75 bits per heavy atom. The summed E-state index contributed by atoms with van der Waals surface area (Å²) in [5, 5.41) is 2.06. The van der Waals surface area contributed by atoms with E-state index in [-0.39, 0.29) is 24.3 Å². The molecule has 0 aliphatic heterocycles. The maximum Gasteiger partial charge on any atom is 0.242 e. The number of hydrogen-bond acceptors (Lipinski definition) is 3. The maximum absolute atomic E-state index is 13.2. The van der Waals surface area contributed by atoms with Crippen molar-refractivity contribution in [3.63, 3.8) is 0 Å². The average Bonchev–Trinajstić information content (AvgIpc) is 3.09. The molecule has 28 heavy (non-hydrogen) atoms. The van der Waals surface area contributed by atoms with Crippen LogP contribution in [0.5, 0.6) is 0 Å². The lowest BCUT2D eigenvalue weighted by Gasteiger charge is -2.29. The van der Waals surface area contributed by atoms with Crippen molar-refractivity contribution in [2.45, 2.75) is 53.6 Å². The predicted molar refractivity (Wildman–Crippen MR) is 116 cm³/mol. The van der Waals surface area contributed by atoms with E-state index in [1.807, 2.05) is 49.1 Å². The van der Waals surface area contributed by atoms with Crippen molar-refractivity contribution in [3.8, 4) is 0 Å². The average molecular weight is 401 g/mol. The van der Waals surface area contributed by atoms with E-state index < -0.39 is 0 Å². The summed E-state index contributed by atoms with van der Waals surface area (Å²) in [5.41, 5.74) is 2.30. The molecule has 1 aromatic heterocycles. The number of unbranched alkanes of at least 4 members (excludes halogenated alkanes) is 1. The van der Waals surface area contributed by atoms with Crippen LogP contribution in [0.3, 0.4) is 0 Å². The molecule has 5 heteroatoms. The van der Waals surface area contributed by atoms with Crippen LogP contribution in [-0.2, 0) is 22.7 Å². The normalized spacial score (nSPS) is 10.9. The minimum atomic E-state index is -0.105. The van der Waals surface area contributed by atoms with Gasteiger partial charge in [0.2, 0.25) is 11.8 Å². The highest BCUT2D eigenvalue weighted by molar-refractivity contribution is 7.10. The number of hydrogen-bond donors (Lipinski definition) is 0. The summed E-state index contributed by atoms with van der Waals surface area (Å²) in [4.78, 5) is 30.6. The van der Waals surface area contributed by atoms with Crippen LogP contribution in [0, 0.1) is 12.8 Å². The summed E-state index contributed by atoms with van der Waals surface area (Å²) in [6.07, 6.45) is 1.91. The molecule has 0 spiro atoms. The fourth-order valence-electron chi connectivity index (χ4n) is 3.02. The molecule has 152 valence electrons. The molecule has 1 heterocycles. The van der Waals surface area contributed by atoms with Crippen LogP contribution in [0.25, 0.3) is 0 Å². The Morgan fingerprint density at radius 3 is 2.32 bits per heavy atom. The molecule has 1 aromatic carbocycles. The van der Waals surface area contributed by atoms with Crippen LogP contribution < -0.4 is 0 Å². The van der Waals surface area contributed by atoms with Crippen LogP contribution in [0.4, 0.5) is 0 Å². The first kappa shape index (κ1) is 22.2. The molecule has 0 unspecified atom stereocenters. The molecule has 0 bridgehead atoms. The molecule has 0 radical (unpaired) electrons. The van der Waals surface area contributed by atoms with Gasteiger partial charge in [-0.15, -0.1) is 11.3 Å². The van der Waals surface area contributed by atoms with E-state index in [9.17, 15) is 9.59 Å². The van der Waals surface area contributed by atoms with Crippen molar-refractivity contribution < 1.29 is 9.59 Å². The van der Waals surface area contributed by atoms with Crippen molar-refractivity contribution >= 4 is 23.2 Å². The second-order valence-electron chi connectivity index (χ2n) is 7.53. The summed E-state index contributed by atoms with van der Waals surface area (Å²) >= 11 is 1.68. The zero-order chi connectivity index (χ0) is 20.5. The Balaban J connectivity index is 2.18. The van der Waals surface area contributed by atoms with Gasteiger partial charge in [-0.05, 0) is 35.9 Å². The number of rotatable bonds is 10. The van der Waals surface area contributed by atoms with Gasteiger partial charge in [-0.1, -0.05) is 57.5 Å². The van der Waals surface area contributed by atoms with Crippen LogP contribution in [0.1, 0.15) is 49.6 Å². The van der Waals surface area contributed by atoms with Crippen molar-refractivity contribution in [2.24, 2.45) is 5.92 Å². The van der Waals surface area contributed by atoms with Gasteiger partial charge in [0.15, 0.2) is 0 Å². The lowest BCUT2D eigenvalue weighted by Crippen LogP contribution is -2.44. The Labute approximate surface area is 173 Å². The maximum atomic E-state index is 13.2. The molecular formula is C23H32N2O2S. The highest BCUT2D eigenvalue weighted by Crippen LogP contribution is 2.20. The molecule has 4 nitrogen and oxygen atoms in total. The van der Waals surface area contributed by atoms with Gasteiger partial charge in [0.05, 0.1) is 13.1 Å². The fourth-order valence-corrected chi connectivity index (χ4v) is 3.94. The Bertz CT molecular complexity index is 755. The lowest BCUT2D eigenvalue weighted by atomic mass is 10.1. The number of amides is 2. The van der Waals surface area contributed by atoms with Gasteiger partial charge in [0.25, 0.3) is 0 Å². The molecule has 0 saturated heterocycles. The number of thiophene rings is 1. The van der Waals surface area contributed by atoms with E-state index in [4.69, 9.17) is 0 Å². The van der Waals surface area contributed by atoms with Gasteiger partial charge >= 0.3 is 0 Å². The number of carbonyl (C=O) groups excluding carboxylic acids is 2. The molecule has 0 atom stereocenters.